The molecule has 2 rings (SSSR count). The first-order chi connectivity index (χ1) is 9.41. The van der Waals surface area contributed by atoms with Gasteiger partial charge in [0.15, 0.2) is 0 Å². The fraction of sp³-hybridized carbons (Fsp3) is 1.00. The van der Waals surface area contributed by atoms with Gasteiger partial charge in [0, 0.05) is 25.7 Å². The largest absolute Gasteiger partial charge is 0.389 e. The molecule has 118 valence electrons. The van der Waals surface area contributed by atoms with Gasteiger partial charge in [0.2, 0.25) is 0 Å². The maximum Gasteiger partial charge on any atom is 0.0938 e. The van der Waals surface area contributed by atoms with Crippen molar-refractivity contribution < 1.29 is 10.2 Å². The van der Waals surface area contributed by atoms with E-state index in [1.807, 2.05) is 0 Å². The van der Waals surface area contributed by atoms with Crippen LogP contribution in [0, 0.1) is 11.3 Å². The van der Waals surface area contributed by atoms with Gasteiger partial charge in [-0.15, -0.1) is 0 Å². The molecule has 4 nitrogen and oxygen atoms in total. The fourth-order valence-electron chi connectivity index (χ4n) is 3.85. The molecule has 0 aromatic heterocycles. The zero-order valence-electron chi connectivity index (χ0n) is 13.3. The van der Waals surface area contributed by atoms with Crippen LogP contribution in [0.15, 0.2) is 0 Å². The predicted octanol–water partition coefficient (Wildman–Crippen LogP) is 1.22. The van der Waals surface area contributed by atoms with Gasteiger partial charge in [-0.1, -0.05) is 20.8 Å². The van der Waals surface area contributed by atoms with Crippen LogP contribution >= 0.6 is 0 Å². The van der Waals surface area contributed by atoms with Crippen LogP contribution in [-0.4, -0.2) is 59.5 Å². The molecule has 3 N–H and O–H groups in total. The van der Waals surface area contributed by atoms with Gasteiger partial charge in [-0.2, -0.15) is 0 Å². The molecule has 1 saturated carbocycles. The monoisotopic (exact) mass is 284 g/mol. The van der Waals surface area contributed by atoms with E-state index < -0.39 is 12.2 Å². The second-order valence-corrected chi connectivity index (χ2v) is 7.58. The third-order valence-electron chi connectivity index (χ3n) is 5.00. The summed E-state index contributed by atoms with van der Waals surface area (Å²) in [6, 6.07) is 0.595. The smallest absolute Gasteiger partial charge is 0.0938 e. The number of likely N-dealkylation sites (tertiary alicyclic amines) is 1. The third-order valence-corrected chi connectivity index (χ3v) is 5.00. The van der Waals surface area contributed by atoms with Gasteiger partial charge >= 0.3 is 0 Å². The molecule has 4 atom stereocenters. The second-order valence-electron chi connectivity index (χ2n) is 7.58. The average molecular weight is 284 g/mol. The van der Waals surface area contributed by atoms with Gasteiger partial charge in [0.05, 0.1) is 12.2 Å². The van der Waals surface area contributed by atoms with Crippen LogP contribution in [0.2, 0.25) is 0 Å². The van der Waals surface area contributed by atoms with Gasteiger partial charge < -0.3 is 15.5 Å². The Balaban J connectivity index is 1.93. The summed E-state index contributed by atoms with van der Waals surface area (Å²) in [7, 11) is 0. The minimum Gasteiger partial charge on any atom is -0.389 e. The molecule has 1 aliphatic heterocycles. The van der Waals surface area contributed by atoms with Crippen LogP contribution in [0.25, 0.3) is 0 Å². The molecule has 0 radical (unpaired) electrons. The van der Waals surface area contributed by atoms with Crippen molar-refractivity contribution in [1.29, 1.82) is 0 Å². The number of hydrogen-bond donors (Lipinski definition) is 3. The Hall–Kier alpha value is -0.160. The molecule has 1 aliphatic carbocycles. The highest BCUT2D eigenvalue weighted by atomic mass is 16.3. The summed E-state index contributed by atoms with van der Waals surface area (Å²) in [6.45, 7) is 10.3. The molecule has 1 saturated heterocycles. The van der Waals surface area contributed by atoms with Crippen molar-refractivity contribution in [3.8, 4) is 0 Å². The van der Waals surface area contributed by atoms with Crippen molar-refractivity contribution in [2.24, 2.45) is 11.3 Å². The first-order valence-corrected chi connectivity index (χ1v) is 8.23. The summed E-state index contributed by atoms with van der Waals surface area (Å²) >= 11 is 0. The molecule has 2 aliphatic rings. The van der Waals surface area contributed by atoms with E-state index in [2.05, 4.69) is 31.0 Å². The van der Waals surface area contributed by atoms with E-state index in [9.17, 15) is 10.2 Å². The maximum atomic E-state index is 9.70. The van der Waals surface area contributed by atoms with Crippen molar-refractivity contribution in [3.63, 3.8) is 0 Å². The molecule has 4 unspecified atom stereocenters. The third kappa shape index (κ3) is 4.17. The molecule has 2 fully saturated rings. The van der Waals surface area contributed by atoms with Gasteiger partial charge in [-0.05, 0) is 43.6 Å². The van der Waals surface area contributed by atoms with Gasteiger partial charge in [-0.25, -0.2) is 0 Å². The molecular weight excluding hydrogens is 252 g/mol. The molecule has 0 aromatic rings. The Bertz CT molecular complexity index is 299. The summed E-state index contributed by atoms with van der Waals surface area (Å²) < 4.78 is 0. The summed E-state index contributed by atoms with van der Waals surface area (Å²) in [6.07, 6.45) is 3.82. The van der Waals surface area contributed by atoms with Crippen LogP contribution in [0.5, 0.6) is 0 Å². The zero-order valence-corrected chi connectivity index (χ0v) is 13.3. The Labute approximate surface area is 123 Å². The van der Waals surface area contributed by atoms with Crippen LogP contribution in [0.4, 0.5) is 0 Å². The summed E-state index contributed by atoms with van der Waals surface area (Å²) in [5.41, 5.74) is 0.423. The van der Waals surface area contributed by atoms with Gasteiger partial charge in [-0.3, -0.25) is 4.90 Å². The predicted molar refractivity (Wildman–Crippen MR) is 81.7 cm³/mol. The highest BCUT2D eigenvalue weighted by Crippen LogP contribution is 2.39. The van der Waals surface area contributed by atoms with Crippen molar-refractivity contribution in [2.75, 3.05) is 26.2 Å². The first kappa shape index (κ1) is 16.2. The van der Waals surface area contributed by atoms with E-state index in [0.717, 1.165) is 13.1 Å². The van der Waals surface area contributed by atoms with Crippen molar-refractivity contribution in [3.05, 3.63) is 0 Å². The summed E-state index contributed by atoms with van der Waals surface area (Å²) in [5.74, 6) is 0.628. The normalized spacial score (nSPS) is 38.2. The number of hydrogen-bond acceptors (Lipinski definition) is 4. The topological polar surface area (TPSA) is 55.7 Å². The maximum absolute atomic E-state index is 9.70. The molecule has 0 amide bonds. The Morgan fingerprint density at radius 2 is 1.85 bits per heavy atom. The lowest BCUT2D eigenvalue weighted by Crippen LogP contribution is -2.47. The van der Waals surface area contributed by atoms with E-state index in [-0.39, 0.29) is 0 Å². The number of aliphatic hydroxyl groups is 2. The summed E-state index contributed by atoms with van der Waals surface area (Å²) in [4.78, 5) is 2.24. The lowest BCUT2D eigenvalue weighted by molar-refractivity contribution is 0.0572. The highest BCUT2D eigenvalue weighted by Gasteiger charge is 2.38. The van der Waals surface area contributed by atoms with E-state index >= 15 is 0 Å². The van der Waals surface area contributed by atoms with Crippen LogP contribution < -0.4 is 5.32 Å². The quantitative estimate of drug-likeness (QED) is 0.710. The Kier molecular flexibility index (Phi) is 5.46. The van der Waals surface area contributed by atoms with Crippen LogP contribution in [0.1, 0.15) is 46.5 Å². The lowest BCUT2D eigenvalue weighted by atomic mass is 9.69. The minimum absolute atomic E-state index is 0.423. The zero-order chi connectivity index (χ0) is 14.8. The molecule has 0 bridgehead atoms. The fourth-order valence-corrected chi connectivity index (χ4v) is 3.85. The lowest BCUT2D eigenvalue weighted by Gasteiger charge is -2.42. The van der Waals surface area contributed by atoms with Crippen molar-refractivity contribution in [1.82, 2.24) is 10.2 Å². The Morgan fingerprint density at radius 3 is 2.45 bits per heavy atom. The standard InChI is InChI=1S/C16H32N2O2/c1-4-7-17-13-5-6-16(2,3)8-12(13)9-18-10-14(19)15(20)11-18/h12-15,17,19-20H,4-11H2,1-3H3. The Morgan fingerprint density at radius 1 is 1.20 bits per heavy atom. The SMILES string of the molecule is CCCNC1CCC(C)(C)CC1CN1CC(O)C(O)C1. The second kappa shape index (κ2) is 6.73. The van der Waals surface area contributed by atoms with E-state index in [1.54, 1.807) is 0 Å². The molecule has 20 heavy (non-hydrogen) atoms. The molecule has 1 heterocycles. The van der Waals surface area contributed by atoms with E-state index in [1.165, 1.54) is 25.7 Å². The number of β-amino-alcohol motifs (C(OH)–C–C–N with tert-alkyl or cyclic N) is 2. The van der Waals surface area contributed by atoms with Gasteiger partial charge in [0.25, 0.3) is 0 Å². The number of rotatable bonds is 5. The van der Waals surface area contributed by atoms with Gasteiger partial charge in [0.1, 0.15) is 0 Å². The van der Waals surface area contributed by atoms with E-state index in [0.29, 0.717) is 30.5 Å². The van der Waals surface area contributed by atoms with Crippen molar-refractivity contribution >= 4 is 0 Å². The minimum atomic E-state index is -0.561. The molecule has 0 spiro atoms. The number of aliphatic hydroxyl groups excluding tert-OH is 2. The number of nitrogens with zero attached hydrogens (tertiary/aromatic N) is 1. The van der Waals surface area contributed by atoms with E-state index in [4.69, 9.17) is 0 Å². The molecule has 4 heteroatoms. The molecule has 0 aromatic carbocycles. The molecular formula is C16H32N2O2. The van der Waals surface area contributed by atoms with Crippen LogP contribution in [-0.2, 0) is 0 Å². The van der Waals surface area contributed by atoms with Crippen LogP contribution in [0.3, 0.4) is 0 Å². The average Bonchev–Trinajstić information content (AvgIpc) is 2.66. The van der Waals surface area contributed by atoms with Crippen molar-refractivity contribution in [2.45, 2.75) is 64.7 Å². The summed E-state index contributed by atoms with van der Waals surface area (Å²) in [5, 5.41) is 23.1. The highest BCUT2D eigenvalue weighted by molar-refractivity contribution is 4.92. The first-order valence-electron chi connectivity index (χ1n) is 8.23. The number of nitrogens with one attached hydrogen (secondary N) is 1.